The van der Waals surface area contributed by atoms with Gasteiger partial charge in [-0.2, -0.15) is 5.26 Å². The fourth-order valence-corrected chi connectivity index (χ4v) is 2.66. The van der Waals surface area contributed by atoms with Gasteiger partial charge in [0.15, 0.2) is 11.5 Å². The highest BCUT2D eigenvalue weighted by atomic mass is 16.6. The Kier molecular flexibility index (Phi) is 3.56. The number of nitriles is 1. The van der Waals surface area contributed by atoms with Crippen molar-refractivity contribution in [3.05, 3.63) is 23.8 Å². The van der Waals surface area contributed by atoms with E-state index in [0.29, 0.717) is 13.2 Å². The molecule has 2 aliphatic rings. The number of rotatable bonds is 2. The second kappa shape index (κ2) is 5.50. The van der Waals surface area contributed by atoms with Crippen molar-refractivity contribution in [1.29, 1.82) is 5.26 Å². The van der Waals surface area contributed by atoms with Gasteiger partial charge in [-0.15, -0.1) is 0 Å². The lowest BCUT2D eigenvalue weighted by atomic mass is 9.98. The Hall–Kier alpha value is -1.73. The number of nitrogens with zero attached hydrogens (tertiary/aromatic N) is 2. The van der Waals surface area contributed by atoms with Gasteiger partial charge in [0, 0.05) is 12.5 Å². The summed E-state index contributed by atoms with van der Waals surface area (Å²) in [7, 11) is 0. The summed E-state index contributed by atoms with van der Waals surface area (Å²) >= 11 is 0. The van der Waals surface area contributed by atoms with Gasteiger partial charge in [0.25, 0.3) is 0 Å². The van der Waals surface area contributed by atoms with Gasteiger partial charge in [0.2, 0.25) is 0 Å². The molecule has 4 heteroatoms. The van der Waals surface area contributed by atoms with Crippen LogP contribution in [0.1, 0.15) is 18.4 Å². The predicted molar refractivity (Wildman–Crippen MR) is 71.0 cm³/mol. The molecule has 4 nitrogen and oxygen atoms in total. The Morgan fingerprint density at radius 3 is 2.63 bits per heavy atom. The highest BCUT2D eigenvalue weighted by molar-refractivity contribution is 5.43. The van der Waals surface area contributed by atoms with Crippen LogP contribution in [0.25, 0.3) is 0 Å². The minimum atomic E-state index is 0.247. The van der Waals surface area contributed by atoms with Crippen molar-refractivity contribution in [2.75, 3.05) is 26.3 Å². The summed E-state index contributed by atoms with van der Waals surface area (Å²) in [4.78, 5) is 2.40. The van der Waals surface area contributed by atoms with Crippen LogP contribution in [-0.4, -0.2) is 31.2 Å². The van der Waals surface area contributed by atoms with Crippen molar-refractivity contribution in [1.82, 2.24) is 4.90 Å². The molecular formula is C15H18N2O2. The second-order valence-electron chi connectivity index (χ2n) is 5.16. The van der Waals surface area contributed by atoms with Crippen molar-refractivity contribution in [3.63, 3.8) is 0 Å². The summed E-state index contributed by atoms with van der Waals surface area (Å²) in [6.45, 7) is 4.20. The van der Waals surface area contributed by atoms with E-state index in [4.69, 9.17) is 14.7 Å². The zero-order valence-corrected chi connectivity index (χ0v) is 11.0. The molecule has 0 aliphatic carbocycles. The quantitative estimate of drug-likeness (QED) is 0.815. The van der Waals surface area contributed by atoms with E-state index >= 15 is 0 Å². The molecule has 2 heterocycles. The summed E-state index contributed by atoms with van der Waals surface area (Å²) < 4.78 is 11.1. The van der Waals surface area contributed by atoms with Crippen LogP contribution in [0.4, 0.5) is 0 Å². The van der Waals surface area contributed by atoms with E-state index in [-0.39, 0.29) is 5.92 Å². The lowest BCUT2D eigenvalue weighted by molar-refractivity contribution is 0.170. The second-order valence-corrected chi connectivity index (χ2v) is 5.16. The SMILES string of the molecule is N#CC1CCN(Cc2ccc3c(c2)OCCO3)CC1. The van der Waals surface area contributed by atoms with Crippen LogP contribution < -0.4 is 9.47 Å². The third-order valence-electron chi connectivity index (χ3n) is 3.78. The molecule has 1 fully saturated rings. The molecule has 1 aromatic carbocycles. The number of benzene rings is 1. The molecule has 1 aromatic rings. The standard InChI is InChI=1S/C15H18N2O2/c16-10-12-3-5-17(6-4-12)11-13-1-2-14-15(9-13)19-8-7-18-14/h1-2,9,12H,3-8,11H2. The molecule has 0 atom stereocenters. The van der Waals surface area contributed by atoms with E-state index in [1.54, 1.807) is 0 Å². The van der Waals surface area contributed by atoms with E-state index in [0.717, 1.165) is 44.0 Å². The van der Waals surface area contributed by atoms with Gasteiger partial charge < -0.3 is 9.47 Å². The van der Waals surface area contributed by atoms with Gasteiger partial charge in [-0.05, 0) is 43.6 Å². The van der Waals surface area contributed by atoms with Crippen molar-refractivity contribution in [3.8, 4) is 17.6 Å². The molecule has 2 aliphatic heterocycles. The zero-order valence-electron chi connectivity index (χ0n) is 11.0. The molecule has 0 amide bonds. The van der Waals surface area contributed by atoms with Crippen LogP contribution >= 0.6 is 0 Å². The van der Waals surface area contributed by atoms with Crippen LogP contribution in [0, 0.1) is 17.2 Å². The van der Waals surface area contributed by atoms with Crippen molar-refractivity contribution >= 4 is 0 Å². The molecular weight excluding hydrogens is 240 g/mol. The Balaban J connectivity index is 1.63. The molecule has 0 bridgehead atoms. The largest absolute Gasteiger partial charge is 0.486 e. The Morgan fingerprint density at radius 2 is 1.89 bits per heavy atom. The smallest absolute Gasteiger partial charge is 0.161 e. The fraction of sp³-hybridized carbons (Fsp3) is 0.533. The highest BCUT2D eigenvalue weighted by Crippen LogP contribution is 2.31. The minimum Gasteiger partial charge on any atom is -0.486 e. The van der Waals surface area contributed by atoms with Gasteiger partial charge in [-0.1, -0.05) is 6.07 Å². The average Bonchev–Trinajstić information content (AvgIpc) is 2.48. The Labute approximate surface area is 113 Å². The monoisotopic (exact) mass is 258 g/mol. The number of likely N-dealkylation sites (tertiary alicyclic amines) is 1. The first-order valence-electron chi connectivity index (χ1n) is 6.85. The first kappa shape index (κ1) is 12.3. The minimum absolute atomic E-state index is 0.247. The number of piperidine rings is 1. The third-order valence-corrected chi connectivity index (χ3v) is 3.78. The summed E-state index contributed by atoms with van der Waals surface area (Å²) in [5.41, 5.74) is 1.25. The zero-order chi connectivity index (χ0) is 13.1. The number of fused-ring (bicyclic) bond motifs is 1. The van der Waals surface area contributed by atoms with Crippen LogP contribution in [-0.2, 0) is 6.54 Å². The van der Waals surface area contributed by atoms with Crippen LogP contribution in [0.3, 0.4) is 0 Å². The van der Waals surface area contributed by atoms with Gasteiger partial charge in [0.1, 0.15) is 13.2 Å². The molecule has 0 radical (unpaired) electrons. The first-order chi connectivity index (χ1) is 9.35. The molecule has 1 saturated heterocycles. The van der Waals surface area contributed by atoms with Crippen LogP contribution in [0.2, 0.25) is 0 Å². The van der Waals surface area contributed by atoms with E-state index in [2.05, 4.69) is 23.1 Å². The number of hydrogen-bond acceptors (Lipinski definition) is 4. The van der Waals surface area contributed by atoms with Crippen LogP contribution in [0.5, 0.6) is 11.5 Å². The van der Waals surface area contributed by atoms with E-state index < -0.39 is 0 Å². The summed E-state index contributed by atoms with van der Waals surface area (Å²) in [5.74, 6) is 1.95. The Bertz CT molecular complexity index is 487. The molecule has 0 N–H and O–H groups in total. The first-order valence-corrected chi connectivity index (χ1v) is 6.85. The molecule has 100 valence electrons. The maximum absolute atomic E-state index is 8.90. The topological polar surface area (TPSA) is 45.5 Å². The molecule has 19 heavy (non-hydrogen) atoms. The van der Waals surface area contributed by atoms with Gasteiger partial charge in [0.05, 0.1) is 6.07 Å². The summed E-state index contributed by atoms with van der Waals surface area (Å²) in [6, 6.07) is 8.53. The predicted octanol–water partition coefficient (Wildman–Crippen LogP) is 2.19. The van der Waals surface area contributed by atoms with Crippen molar-refractivity contribution in [2.45, 2.75) is 19.4 Å². The molecule has 0 spiro atoms. The Morgan fingerprint density at radius 1 is 1.16 bits per heavy atom. The van der Waals surface area contributed by atoms with Gasteiger partial charge in [-0.3, -0.25) is 4.90 Å². The van der Waals surface area contributed by atoms with E-state index in [9.17, 15) is 0 Å². The lowest BCUT2D eigenvalue weighted by Gasteiger charge is -2.29. The normalized spacial score (nSPS) is 19.9. The number of ether oxygens (including phenoxy) is 2. The average molecular weight is 258 g/mol. The summed E-state index contributed by atoms with van der Waals surface area (Å²) in [6.07, 6.45) is 1.97. The fourth-order valence-electron chi connectivity index (χ4n) is 2.66. The molecule has 3 rings (SSSR count). The van der Waals surface area contributed by atoms with Crippen LogP contribution in [0.15, 0.2) is 18.2 Å². The maximum Gasteiger partial charge on any atom is 0.161 e. The molecule has 0 unspecified atom stereocenters. The molecule has 0 saturated carbocycles. The van der Waals surface area contributed by atoms with E-state index in [1.807, 2.05) is 6.07 Å². The van der Waals surface area contributed by atoms with E-state index in [1.165, 1.54) is 5.56 Å². The van der Waals surface area contributed by atoms with Gasteiger partial charge in [-0.25, -0.2) is 0 Å². The third kappa shape index (κ3) is 2.82. The molecule has 0 aromatic heterocycles. The van der Waals surface area contributed by atoms with Gasteiger partial charge >= 0.3 is 0 Å². The maximum atomic E-state index is 8.90. The summed E-state index contributed by atoms with van der Waals surface area (Å²) in [5, 5.41) is 8.90. The van der Waals surface area contributed by atoms with Crippen molar-refractivity contribution in [2.24, 2.45) is 5.92 Å². The highest BCUT2D eigenvalue weighted by Gasteiger charge is 2.19. The number of hydrogen-bond donors (Lipinski definition) is 0. The van der Waals surface area contributed by atoms with Crippen molar-refractivity contribution < 1.29 is 9.47 Å². The lowest BCUT2D eigenvalue weighted by Crippen LogP contribution is -2.32.